The molecule has 4 N–H and O–H groups in total. The molecule has 0 bridgehead atoms. The normalized spacial score (nSPS) is 10.6. The summed E-state index contributed by atoms with van der Waals surface area (Å²) >= 11 is 0. The summed E-state index contributed by atoms with van der Waals surface area (Å²) in [5, 5.41) is 35.5. The smallest absolute Gasteiger partial charge is 0.324 e. The molecule has 0 radical (unpaired) electrons. The summed E-state index contributed by atoms with van der Waals surface area (Å²) in [7, 11) is 0. The highest BCUT2D eigenvalue weighted by Crippen LogP contribution is 2.30. The summed E-state index contributed by atoms with van der Waals surface area (Å²) in [4.78, 5) is 23.3. The maximum atomic E-state index is 12.6. The van der Waals surface area contributed by atoms with Gasteiger partial charge in [-0.15, -0.1) is 10.2 Å². The minimum atomic E-state index is -0.511. The Hall–Kier alpha value is -5.32. The van der Waals surface area contributed by atoms with Gasteiger partial charge in [-0.25, -0.2) is 4.79 Å². The molecule has 0 aliphatic rings. The van der Waals surface area contributed by atoms with Gasteiger partial charge in [-0.2, -0.15) is 5.10 Å². The van der Waals surface area contributed by atoms with E-state index in [2.05, 4.69) is 36.3 Å². The lowest BCUT2D eigenvalue weighted by Gasteiger charge is -2.12. The summed E-state index contributed by atoms with van der Waals surface area (Å²) < 4.78 is 0. The van der Waals surface area contributed by atoms with Crippen molar-refractivity contribution in [3.8, 4) is 11.3 Å². The first-order valence-electron chi connectivity index (χ1n) is 10.5. The van der Waals surface area contributed by atoms with Gasteiger partial charge in [0.2, 0.25) is 0 Å². The van der Waals surface area contributed by atoms with Gasteiger partial charge >= 0.3 is 6.03 Å². The lowest BCUT2D eigenvalue weighted by atomic mass is 10.1. The Balaban J connectivity index is 1.31. The van der Waals surface area contributed by atoms with E-state index in [1.54, 1.807) is 42.5 Å². The van der Waals surface area contributed by atoms with Gasteiger partial charge in [0.1, 0.15) is 0 Å². The molecule has 0 atom stereocenters. The Morgan fingerprint density at radius 2 is 1.63 bits per heavy atom. The van der Waals surface area contributed by atoms with Crippen molar-refractivity contribution in [3.63, 3.8) is 0 Å². The molecule has 11 nitrogen and oxygen atoms in total. The van der Waals surface area contributed by atoms with Crippen LogP contribution in [0.25, 0.3) is 22.2 Å². The Kier molecular flexibility index (Phi) is 5.70. The van der Waals surface area contributed by atoms with Gasteiger partial charge in [0.15, 0.2) is 11.6 Å². The van der Waals surface area contributed by atoms with E-state index in [9.17, 15) is 14.9 Å². The topological polar surface area (TPSA) is 151 Å². The standard InChI is InChI=1S/C24H18N8O3/c33-24(27-22-13-12-18(28-30-22)15-6-2-1-3-7-15)26-21-9-5-4-8-20(21)25-23-17-14-16(32(34)35)10-11-19(17)29-31-23/h1-14H,(H2,25,29,31)(H2,26,27,30,33). The van der Waals surface area contributed by atoms with E-state index in [-0.39, 0.29) is 5.69 Å². The second kappa shape index (κ2) is 9.27. The lowest BCUT2D eigenvalue weighted by Crippen LogP contribution is -2.21. The van der Waals surface area contributed by atoms with Crippen LogP contribution in [-0.2, 0) is 0 Å². The van der Waals surface area contributed by atoms with Crippen LogP contribution >= 0.6 is 0 Å². The van der Waals surface area contributed by atoms with Gasteiger partial charge in [0.25, 0.3) is 5.69 Å². The van der Waals surface area contributed by atoms with Crippen LogP contribution in [0.4, 0.5) is 33.5 Å². The minimum Gasteiger partial charge on any atom is -0.337 e. The minimum absolute atomic E-state index is 0.0490. The third-order valence-corrected chi connectivity index (χ3v) is 5.16. The molecule has 0 spiro atoms. The van der Waals surface area contributed by atoms with E-state index in [0.29, 0.717) is 39.6 Å². The number of para-hydroxylation sites is 2. The predicted octanol–water partition coefficient (Wildman–Crippen LogP) is 5.32. The first-order chi connectivity index (χ1) is 17.1. The van der Waals surface area contributed by atoms with Gasteiger partial charge in [-0.1, -0.05) is 42.5 Å². The largest absolute Gasteiger partial charge is 0.337 e. The molecule has 0 aliphatic carbocycles. The molecule has 0 fully saturated rings. The maximum Gasteiger partial charge on any atom is 0.324 e. The number of rotatable bonds is 6. The Bertz CT molecular complexity index is 1520. The molecule has 35 heavy (non-hydrogen) atoms. The number of carbonyl (C=O) groups is 1. The molecule has 0 saturated carbocycles. The number of H-pyrrole nitrogens is 1. The maximum absolute atomic E-state index is 12.6. The fraction of sp³-hybridized carbons (Fsp3) is 0. The quantitative estimate of drug-likeness (QED) is 0.195. The third kappa shape index (κ3) is 4.73. The van der Waals surface area contributed by atoms with Gasteiger partial charge in [0.05, 0.1) is 32.9 Å². The number of aromatic amines is 1. The molecule has 2 aromatic heterocycles. The van der Waals surface area contributed by atoms with Crippen LogP contribution in [0.3, 0.4) is 0 Å². The zero-order valence-corrected chi connectivity index (χ0v) is 18.1. The third-order valence-electron chi connectivity index (χ3n) is 5.16. The highest BCUT2D eigenvalue weighted by atomic mass is 16.6. The first kappa shape index (κ1) is 21.5. The Morgan fingerprint density at radius 3 is 2.37 bits per heavy atom. The molecule has 2 amide bonds. The van der Waals surface area contributed by atoms with Gasteiger partial charge in [0, 0.05) is 17.7 Å². The molecule has 172 valence electrons. The number of amides is 2. The zero-order chi connectivity index (χ0) is 24.2. The van der Waals surface area contributed by atoms with E-state index < -0.39 is 11.0 Å². The molecular formula is C24H18N8O3. The summed E-state index contributed by atoms with van der Waals surface area (Å²) in [5.41, 5.74) is 3.23. The number of carbonyl (C=O) groups excluding carboxylic acids is 1. The van der Waals surface area contributed by atoms with Crippen LogP contribution in [0.1, 0.15) is 0 Å². The van der Waals surface area contributed by atoms with Crippen LogP contribution in [0.2, 0.25) is 0 Å². The number of nitro groups is 1. The fourth-order valence-electron chi connectivity index (χ4n) is 3.47. The molecule has 11 heteroatoms. The highest BCUT2D eigenvalue weighted by molar-refractivity contribution is 6.02. The van der Waals surface area contributed by atoms with Crippen molar-refractivity contribution < 1.29 is 9.72 Å². The van der Waals surface area contributed by atoms with E-state index in [4.69, 9.17) is 0 Å². The molecule has 0 saturated heterocycles. The van der Waals surface area contributed by atoms with Gasteiger partial charge in [-0.3, -0.25) is 20.5 Å². The fourth-order valence-corrected chi connectivity index (χ4v) is 3.47. The summed E-state index contributed by atoms with van der Waals surface area (Å²) in [6.45, 7) is 0. The van der Waals surface area contributed by atoms with E-state index in [1.807, 2.05) is 30.3 Å². The van der Waals surface area contributed by atoms with E-state index in [0.717, 1.165) is 5.56 Å². The van der Waals surface area contributed by atoms with Crippen LogP contribution < -0.4 is 16.0 Å². The number of urea groups is 1. The van der Waals surface area contributed by atoms with Crippen LogP contribution in [-0.4, -0.2) is 31.3 Å². The number of hydrogen-bond donors (Lipinski definition) is 4. The van der Waals surface area contributed by atoms with Crippen molar-refractivity contribution in [2.75, 3.05) is 16.0 Å². The summed E-state index contributed by atoms with van der Waals surface area (Å²) in [6, 6.07) is 24.0. The molecule has 5 aromatic rings. The average molecular weight is 466 g/mol. The molecule has 3 aromatic carbocycles. The van der Waals surface area contributed by atoms with Crippen LogP contribution in [0, 0.1) is 10.1 Å². The van der Waals surface area contributed by atoms with Crippen molar-refractivity contribution in [2.24, 2.45) is 0 Å². The van der Waals surface area contributed by atoms with Crippen molar-refractivity contribution in [1.29, 1.82) is 0 Å². The molecule has 2 heterocycles. The van der Waals surface area contributed by atoms with E-state index >= 15 is 0 Å². The van der Waals surface area contributed by atoms with Crippen LogP contribution in [0.15, 0.2) is 84.9 Å². The number of benzene rings is 3. The second-order valence-electron chi connectivity index (χ2n) is 7.48. The van der Waals surface area contributed by atoms with E-state index in [1.165, 1.54) is 12.1 Å². The summed E-state index contributed by atoms with van der Waals surface area (Å²) in [6.07, 6.45) is 0. The zero-order valence-electron chi connectivity index (χ0n) is 18.1. The Labute approximate surface area is 198 Å². The van der Waals surface area contributed by atoms with Crippen molar-refractivity contribution in [3.05, 3.63) is 95.0 Å². The van der Waals surface area contributed by atoms with Crippen molar-refractivity contribution >= 4 is 45.6 Å². The number of non-ortho nitro benzene ring substituents is 1. The second-order valence-corrected chi connectivity index (χ2v) is 7.48. The lowest BCUT2D eigenvalue weighted by molar-refractivity contribution is -0.384. The SMILES string of the molecule is O=C(Nc1ccc(-c2ccccc2)nn1)Nc1ccccc1Nc1n[nH]c2ccc([N+](=O)[O-])cc12. The number of hydrogen-bond acceptors (Lipinski definition) is 7. The number of anilines is 4. The molecule has 0 unspecified atom stereocenters. The monoisotopic (exact) mass is 466 g/mol. The van der Waals surface area contributed by atoms with Crippen LogP contribution in [0.5, 0.6) is 0 Å². The number of nitro benzene ring substituents is 1. The van der Waals surface area contributed by atoms with Crippen molar-refractivity contribution in [1.82, 2.24) is 20.4 Å². The molecule has 5 rings (SSSR count). The average Bonchev–Trinajstić information content (AvgIpc) is 3.28. The van der Waals surface area contributed by atoms with Crippen molar-refractivity contribution in [2.45, 2.75) is 0 Å². The number of fused-ring (bicyclic) bond motifs is 1. The van der Waals surface area contributed by atoms with Gasteiger partial charge < -0.3 is 10.6 Å². The molecule has 0 aliphatic heterocycles. The van der Waals surface area contributed by atoms with Gasteiger partial charge in [-0.05, 0) is 30.3 Å². The Morgan fingerprint density at radius 1 is 0.857 bits per heavy atom. The highest BCUT2D eigenvalue weighted by Gasteiger charge is 2.14. The summed E-state index contributed by atoms with van der Waals surface area (Å²) in [5.74, 6) is 0.680. The first-order valence-corrected chi connectivity index (χ1v) is 10.5. The number of aromatic nitrogens is 4. The predicted molar refractivity (Wildman–Crippen MR) is 133 cm³/mol. The number of nitrogens with one attached hydrogen (secondary N) is 4. The number of nitrogens with zero attached hydrogens (tertiary/aromatic N) is 4. The molecular weight excluding hydrogens is 448 g/mol.